The molecule has 0 atom stereocenters. The van der Waals surface area contributed by atoms with E-state index in [4.69, 9.17) is 4.74 Å². The third kappa shape index (κ3) is 1.73. The van der Waals surface area contributed by atoms with Crippen LogP contribution >= 0.6 is 0 Å². The van der Waals surface area contributed by atoms with Crippen molar-refractivity contribution in [3.63, 3.8) is 0 Å². The van der Waals surface area contributed by atoms with Crippen molar-refractivity contribution >= 4 is 4.02 Å². The molecule has 1 saturated heterocycles. The fraction of sp³-hybridized carbons (Fsp3) is 0.500. The van der Waals surface area contributed by atoms with E-state index in [1.54, 1.807) is 0 Å². The third-order valence-corrected chi connectivity index (χ3v) is 2.78. The van der Waals surface area contributed by atoms with Gasteiger partial charge in [0.25, 0.3) is 0 Å². The van der Waals surface area contributed by atoms with Gasteiger partial charge in [-0.3, -0.25) is 0 Å². The predicted octanol–water partition coefficient (Wildman–Crippen LogP) is 0.139. The molecule has 1 fully saturated rings. The Balaban J connectivity index is 2.54. The molecule has 9 heavy (non-hydrogen) atoms. The summed E-state index contributed by atoms with van der Waals surface area (Å²) in [6.07, 6.45) is 0. The van der Waals surface area contributed by atoms with Crippen LogP contribution in [0.3, 0.4) is 0 Å². The zero-order valence-electron chi connectivity index (χ0n) is 5.39. The van der Waals surface area contributed by atoms with Crippen molar-refractivity contribution in [1.29, 1.82) is 0 Å². The number of rotatable bonds is 0. The maximum atomic E-state index is 5.21. The Hall–Kier alpha value is 0.0583. The van der Waals surface area contributed by atoms with Crippen LogP contribution in [0.4, 0.5) is 0 Å². The first-order chi connectivity index (χ1) is 4.20. The van der Waals surface area contributed by atoms with E-state index in [1.165, 1.54) is 23.4 Å². The molecule has 0 spiro atoms. The van der Waals surface area contributed by atoms with Crippen molar-refractivity contribution in [2.75, 3.05) is 20.2 Å². The van der Waals surface area contributed by atoms with Crippen LogP contribution in [-0.4, -0.2) is 29.1 Å². The first kappa shape index (κ1) is 7.17. The van der Waals surface area contributed by atoms with Crippen molar-refractivity contribution in [2.24, 2.45) is 0 Å². The monoisotopic (exact) mass is 295 g/mol. The SMILES string of the molecule is C=C1CN(C)[C](=[W])CO1. The first-order valence-corrected chi connectivity index (χ1v) is 4.21. The molecule has 0 N–H and O–H groups in total. The molecule has 0 bridgehead atoms. The van der Waals surface area contributed by atoms with Crippen LogP contribution < -0.4 is 0 Å². The molecular formula is C6H9NOW. The Morgan fingerprint density at radius 2 is 2.44 bits per heavy atom. The summed E-state index contributed by atoms with van der Waals surface area (Å²) >= 11 is 1.49. The molecule has 0 radical (unpaired) electrons. The maximum absolute atomic E-state index is 5.21. The van der Waals surface area contributed by atoms with Crippen LogP contribution in [-0.2, 0) is 24.1 Å². The molecule has 0 aromatic rings. The van der Waals surface area contributed by atoms with Crippen LogP contribution in [0.5, 0.6) is 0 Å². The minimum atomic E-state index is 0.741. The van der Waals surface area contributed by atoms with Gasteiger partial charge in [-0.05, 0) is 0 Å². The van der Waals surface area contributed by atoms with Gasteiger partial charge in [-0.25, -0.2) is 0 Å². The van der Waals surface area contributed by atoms with E-state index in [1.807, 2.05) is 0 Å². The van der Waals surface area contributed by atoms with Gasteiger partial charge < -0.3 is 0 Å². The number of hydrogen-bond acceptors (Lipinski definition) is 2. The van der Waals surface area contributed by atoms with E-state index >= 15 is 0 Å². The number of nitrogens with zero attached hydrogens (tertiary/aromatic N) is 1. The predicted molar refractivity (Wildman–Crippen MR) is 32.7 cm³/mol. The molecule has 50 valence electrons. The Morgan fingerprint density at radius 1 is 1.78 bits per heavy atom. The van der Waals surface area contributed by atoms with E-state index in [0.717, 1.165) is 18.9 Å². The van der Waals surface area contributed by atoms with E-state index in [-0.39, 0.29) is 0 Å². The fourth-order valence-corrected chi connectivity index (χ4v) is 1.12. The molecule has 1 rings (SSSR count). The number of ether oxygens (including phenoxy) is 1. The molecular weight excluding hydrogens is 286 g/mol. The standard InChI is InChI=1S/C6H9NO.W/c1-6-5-7(2)3-4-8-6;/h1,4-5H2,2H3;. The number of likely N-dealkylation sites (N-methyl/N-ethyl adjacent to an activating group) is 1. The summed E-state index contributed by atoms with van der Waals surface area (Å²) in [5, 5.41) is 0. The van der Waals surface area contributed by atoms with Crippen molar-refractivity contribution in [3.05, 3.63) is 12.3 Å². The second kappa shape index (κ2) is 2.76. The number of hydrogen-bond donors (Lipinski definition) is 0. The van der Waals surface area contributed by atoms with Gasteiger partial charge in [0.05, 0.1) is 0 Å². The second-order valence-corrected chi connectivity index (χ2v) is 3.77. The summed E-state index contributed by atoms with van der Waals surface area (Å²) in [6.45, 7) is 5.33. The van der Waals surface area contributed by atoms with Gasteiger partial charge in [-0.2, -0.15) is 0 Å². The summed E-state index contributed by atoms with van der Waals surface area (Å²) in [5.74, 6) is 0.877. The summed E-state index contributed by atoms with van der Waals surface area (Å²) in [6, 6.07) is 0. The first-order valence-electron chi connectivity index (χ1n) is 2.74. The van der Waals surface area contributed by atoms with Gasteiger partial charge in [0, 0.05) is 0 Å². The Morgan fingerprint density at radius 3 is 2.89 bits per heavy atom. The molecule has 1 heterocycles. The van der Waals surface area contributed by atoms with Gasteiger partial charge in [0.15, 0.2) is 0 Å². The van der Waals surface area contributed by atoms with Crippen LogP contribution in [0.15, 0.2) is 12.3 Å². The summed E-state index contributed by atoms with van der Waals surface area (Å²) in [5.41, 5.74) is 0. The van der Waals surface area contributed by atoms with Crippen LogP contribution in [0.2, 0.25) is 0 Å². The quantitative estimate of drug-likeness (QED) is 0.630. The summed E-state index contributed by atoms with van der Waals surface area (Å²) in [7, 11) is 2.07. The molecule has 1 aliphatic rings. The van der Waals surface area contributed by atoms with Crippen LogP contribution in [0.25, 0.3) is 0 Å². The molecule has 0 aromatic carbocycles. The molecule has 0 unspecified atom stereocenters. The normalized spacial score (nSPS) is 21.9. The average molecular weight is 295 g/mol. The van der Waals surface area contributed by atoms with Crippen LogP contribution in [0, 0.1) is 0 Å². The van der Waals surface area contributed by atoms with Crippen molar-refractivity contribution in [1.82, 2.24) is 4.90 Å². The molecule has 2 nitrogen and oxygen atoms in total. The average Bonchev–Trinajstić information content (AvgIpc) is 1.80. The molecule has 0 aromatic heterocycles. The summed E-state index contributed by atoms with van der Waals surface area (Å²) in [4.78, 5) is 2.18. The van der Waals surface area contributed by atoms with Crippen molar-refractivity contribution < 1.29 is 24.1 Å². The Bertz CT molecular complexity index is 155. The van der Waals surface area contributed by atoms with Gasteiger partial charge in [-0.1, -0.05) is 0 Å². The summed E-state index contributed by atoms with van der Waals surface area (Å²) < 4.78 is 6.56. The third-order valence-electron chi connectivity index (χ3n) is 1.24. The zero-order valence-corrected chi connectivity index (χ0v) is 8.32. The van der Waals surface area contributed by atoms with E-state index < -0.39 is 0 Å². The van der Waals surface area contributed by atoms with E-state index in [0.29, 0.717) is 0 Å². The van der Waals surface area contributed by atoms with E-state index in [9.17, 15) is 0 Å². The van der Waals surface area contributed by atoms with Gasteiger partial charge in [-0.15, -0.1) is 0 Å². The van der Waals surface area contributed by atoms with Gasteiger partial charge >= 0.3 is 65.5 Å². The molecule has 0 amide bonds. The van der Waals surface area contributed by atoms with Crippen molar-refractivity contribution in [3.8, 4) is 0 Å². The van der Waals surface area contributed by atoms with Crippen LogP contribution in [0.1, 0.15) is 0 Å². The molecule has 1 aliphatic heterocycles. The van der Waals surface area contributed by atoms with Gasteiger partial charge in [0.2, 0.25) is 0 Å². The fourth-order valence-electron chi connectivity index (χ4n) is 0.672. The second-order valence-electron chi connectivity index (χ2n) is 2.08. The minimum absolute atomic E-state index is 0.741. The Labute approximate surface area is 65.9 Å². The van der Waals surface area contributed by atoms with Gasteiger partial charge in [0.1, 0.15) is 0 Å². The molecule has 3 heteroatoms. The van der Waals surface area contributed by atoms with Crippen molar-refractivity contribution in [2.45, 2.75) is 0 Å². The molecule has 0 aliphatic carbocycles. The Kier molecular flexibility index (Phi) is 2.20. The zero-order chi connectivity index (χ0) is 6.85. The van der Waals surface area contributed by atoms with E-state index in [2.05, 4.69) is 18.5 Å². The molecule has 0 saturated carbocycles. The topological polar surface area (TPSA) is 12.5 Å². The number of morpholine rings is 1.